The van der Waals surface area contributed by atoms with Crippen LogP contribution in [0.15, 0.2) is 30.3 Å². The molecule has 2 aliphatic rings. The van der Waals surface area contributed by atoms with Gasteiger partial charge in [-0.3, -0.25) is 19.9 Å². The number of nitrogens with zero attached hydrogens (tertiary/aromatic N) is 2. The van der Waals surface area contributed by atoms with Gasteiger partial charge >= 0.3 is 6.03 Å². The average Bonchev–Trinajstić information content (AvgIpc) is 2.83. The lowest BCUT2D eigenvalue weighted by atomic mass is 9.92. The minimum Gasteiger partial charge on any atom is -0.322 e. The summed E-state index contributed by atoms with van der Waals surface area (Å²) in [6.45, 7) is 7.95. The van der Waals surface area contributed by atoms with E-state index in [1.54, 1.807) is 6.92 Å². The van der Waals surface area contributed by atoms with Crippen molar-refractivity contribution in [1.82, 2.24) is 20.7 Å². The van der Waals surface area contributed by atoms with Gasteiger partial charge in [-0.25, -0.2) is 4.79 Å². The molecule has 0 unspecified atom stereocenters. The van der Waals surface area contributed by atoms with Gasteiger partial charge in [0, 0.05) is 13.1 Å². The van der Waals surface area contributed by atoms with Crippen molar-refractivity contribution in [3.05, 3.63) is 35.9 Å². The highest BCUT2D eigenvalue weighted by Gasteiger charge is 2.48. The minimum atomic E-state index is -1.02. The quantitative estimate of drug-likeness (QED) is 0.732. The van der Waals surface area contributed by atoms with Crippen LogP contribution in [0.3, 0.4) is 0 Å². The molecule has 152 valence electrons. The number of likely N-dealkylation sites (tertiary alicyclic amines) is 1. The van der Waals surface area contributed by atoms with Crippen molar-refractivity contribution in [2.45, 2.75) is 45.6 Å². The van der Waals surface area contributed by atoms with E-state index in [2.05, 4.69) is 29.5 Å². The molecule has 2 N–H and O–H groups in total. The predicted octanol–water partition coefficient (Wildman–Crippen LogP) is 1.94. The van der Waals surface area contributed by atoms with Gasteiger partial charge in [0.2, 0.25) is 0 Å². The summed E-state index contributed by atoms with van der Waals surface area (Å²) in [5, 5.41) is 3.57. The highest BCUT2D eigenvalue weighted by Crippen LogP contribution is 2.23. The van der Waals surface area contributed by atoms with E-state index in [4.69, 9.17) is 0 Å². The Hall–Kier alpha value is -2.41. The third-order valence-electron chi connectivity index (χ3n) is 5.57. The second-order valence-corrected chi connectivity index (χ2v) is 8.56. The second-order valence-electron chi connectivity index (χ2n) is 8.56. The van der Waals surface area contributed by atoms with Crippen LogP contribution in [0.25, 0.3) is 0 Å². The van der Waals surface area contributed by atoms with Crippen molar-refractivity contribution in [3.63, 3.8) is 0 Å². The zero-order chi connectivity index (χ0) is 20.3. The van der Waals surface area contributed by atoms with Crippen molar-refractivity contribution in [1.29, 1.82) is 0 Å². The van der Waals surface area contributed by atoms with Gasteiger partial charge in [-0.1, -0.05) is 44.2 Å². The molecule has 0 saturated carbocycles. The largest absolute Gasteiger partial charge is 0.344 e. The molecule has 0 spiro atoms. The third-order valence-corrected chi connectivity index (χ3v) is 5.57. The number of carbonyl (C=O) groups is 3. The molecule has 3 atom stereocenters. The molecule has 2 fully saturated rings. The number of urea groups is 1. The Kier molecular flexibility index (Phi) is 6.03. The molecule has 3 rings (SSSR count). The second kappa shape index (κ2) is 8.31. The summed E-state index contributed by atoms with van der Waals surface area (Å²) in [5.41, 5.74) is 2.58. The van der Waals surface area contributed by atoms with Gasteiger partial charge in [-0.05, 0) is 43.6 Å². The Morgan fingerprint density at radius 1 is 1.18 bits per heavy atom. The molecule has 1 aromatic carbocycles. The van der Waals surface area contributed by atoms with Crippen LogP contribution >= 0.6 is 0 Å². The molecule has 0 bridgehead atoms. The van der Waals surface area contributed by atoms with Gasteiger partial charge in [0.05, 0.1) is 6.54 Å². The average molecular weight is 386 g/mol. The lowest BCUT2D eigenvalue weighted by Gasteiger charge is -2.34. The Morgan fingerprint density at radius 3 is 2.46 bits per heavy atom. The summed E-state index contributed by atoms with van der Waals surface area (Å²) in [7, 11) is 0. The number of aryl methyl sites for hydroxylation is 1. The first-order valence-electron chi connectivity index (χ1n) is 9.99. The molecule has 2 aliphatic heterocycles. The van der Waals surface area contributed by atoms with Crippen molar-refractivity contribution in [2.24, 2.45) is 11.8 Å². The molecule has 7 heteroatoms. The Morgan fingerprint density at radius 2 is 1.82 bits per heavy atom. The van der Waals surface area contributed by atoms with Gasteiger partial charge < -0.3 is 5.32 Å². The van der Waals surface area contributed by atoms with Gasteiger partial charge in [0.1, 0.15) is 5.54 Å². The van der Waals surface area contributed by atoms with E-state index < -0.39 is 17.5 Å². The number of hydrogen-bond acceptors (Lipinski definition) is 4. The maximum Gasteiger partial charge on any atom is 0.344 e. The highest BCUT2D eigenvalue weighted by atomic mass is 16.2. The maximum atomic E-state index is 12.8. The van der Waals surface area contributed by atoms with E-state index in [-0.39, 0.29) is 12.5 Å². The SMILES string of the molecule is C[C@@H]1C[C@@H](C)CN(CC(=O)NN2C(=O)N[C@@](C)(CCc3ccccc3)C2=O)C1. The summed E-state index contributed by atoms with van der Waals surface area (Å²) in [5.74, 6) is 0.323. The molecular formula is C21H30N4O3. The van der Waals surface area contributed by atoms with Gasteiger partial charge in [-0.2, -0.15) is 5.01 Å². The molecule has 28 heavy (non-hydrogen) atoms. The number of hydrogen-bond donors (Lipinski definition) is 2. The standard InChI is InChI=1S/C21H30N4O3/c1-15-11-16(2)13-24(12-15)14-18(26)23-25-19(27)21(3,22-20(25)28)10-9-17-7-5-4-6-8-17/h4-8,15-16H,9-14H2,1-3H3,(H,22,28)(H,23,26)/t15-,16-,21+/m1/s1. The van der Waals surface area contributed by atoms with E-state index in [0.717, 1.165) is 30.1 Å². The van der Waals surface area contributed by atoms with Gasteiger partial charge in [0.15, 0.2) is 0 Å². The lowest BCUT2D eigenvalue weighted by molar-refractivity contribution is -0.139. The van der Waals surface area contributed by atoms with Crippen LogP contribution < -0.4 is 10.7 Å². The van der Waals surface area contributed by atoms with Crippen LogP contribution in [0.1, 0.15) is 39.2 Å². The third kappa shape index (κ3) is 4.70. The molecule has 2 heterocycles. The van der Waals surface area contributed by atoms with Crippen LogP contribution in [-0.2, 0) is 16.0 Å². The molecule has 7 nitrogen and oxygen atoms in total. The molecule has 0 radical (unpaired) electrons. The summed E-state index contributed by atoms with van der Waals surface area (Å²) >= 11 is 0. The first-order chi connectivity index (χ1) is 13.3. The van der Waals surface area contributed by atoms with Gasteiger partial charge in [-0.15, -0.1) is 0 Å². The molecule has 0 aromatic heterocycles. The molecule has 1 aromatic rings. The number of carbonyl (C=O) groups excluding carboxylic acids is 3. The summed E-state index contributed by atoms with van der Waals surface area (Å²) in [6.07, 6.45) is 2.29. The summed E-state index contributed by atoms with van der Waals surface area (Å²) in [4.78, 5) is 39.6. The topological polar surface area (TPSA) is 81.8 Å². The number of rotatable bonds is 6. The van der Waals surface area contributed by atoms with Crippen LogP contribution in [0.5, 0.6) is 0 Å². The molecule has 2 saturated heterocycles. The zero-order valence-corrected chi connectivity index (χ0v) is 16.9. The zero-order valence-electron chi connectivity index (χ0n) is 16.9. The maximum absolute atomic E-state index is 12.8. The van der Waals surface area contributed by atoms with E-state index >= 15 is 0 Å². The molecule has 4 amide bonds. The fraction of sp³-hybridized carbons (Fsp3) is 0.571. The molecule has 0 aliphatic carbocycles. The lowest BCUT2D eigenvalue weighted by Crippen LogP contribution is -2.52. The number of amides is 4. The number of benzene rings is 1. The molecular weight excluding hydrogens is 356 g/mol. The Balaban J connectivity index is 1.56. The van der Waals surface area contributed by atoms with E-state index in [0.29, 0.717) is 24.7 Å². The first-order valence-corrected chi connectivity index (χ1v) is 9.99. The fourth-order valence-corrected chi connectivity index (χ4v) is 4.28. The number of piperidine rings is 1. The van der Waals surface area contributed by atoms with Crippen molar-refractivity contribution in [3.8, 4) is 0 Å². The van der Waals surface area contributed by atoms with E-state index in [1.165, 1.54) is 0 Å². The predicted molar refractivity (Wildman–Crippen MR) is 106 cm³/mol. The Bertz CT molecular complexity index is 728. The van der Waals surface area contributed by atoms with Crippen molar-refractivity contribution in [2.75, 3.05) is 19.6 Å². The fourth-order valence-electron chi connectivity index (χ4n) is 4.28. The normalized spacial score (nSPS) is 28.3. The first kappa shape index (κ1) is 20.3. The minimum absolute atomic E-state index is 0.187. The van der Waals surface area contributed by atoms with Crippen LogP contribution in [0.2, 0.25) is 0 Å². The van der Waals surface area contributed by atoms with E-state index in [1.807, 2.05) is 30.3 Å². The summed E-state index contributed by atoms with van der Waals surface area (Å²) in [6, 6.07) is 9.24. The number of hydrazine groups is 1. The van der Waals surface area contributed by atoms with Crippen LogP contribution in [0, 0.1) is 11.8 Å². The summed E-state index contributed by atoms with van der Waals surface area (Å²) < 4.78 is 0. The van der Waals surface area contributed by atoms with Crippen molar-refractivity contribution < 1.29 is 14.4 Å². The highest BCUT2D eigenvalue weighted by molar-refractivity contribution is 6.07. The van der Waals surface area contributed by atoms with E-state index in [9.17, 15) is 14.4 Å². The number of imide groups is 1. The van der Waals surface area contributed by atoms with Gasteiger partial charge in [0.25, 0.3) is 11.8 Å². The monoisotopic (exact) mass is 386 g/mol. The number of nitrogens with one attached hydrogen (secondary N) is 2. The smallest absolute Gasteiger partial charge is 0.322 e. The van der Waals surface area contributed by atoms with Crippen LogP contribution in [0.4, 0.5) is 4.79 Å². The Labute approximate surface area is 166 Å². The van der Waals surface area contributed by atoms with Crippen LogP contribution in [-0.4, -0.2) is 52.9 Å². The van der Waals surface area contributed by atoms with Crippen molar-refractivity contribution >= 4 is 17.8 Å².